The minimum atomic E-state index is -1.25. The number of rotatable bonds is 5. The van der Waals surface area contributed by atoms with Gasteiger partial charge in [-0.1, -0.05) is 20.8 Å². The normalized spacial score (nSPS) is 12.8. The quantitative estimate of drug-likeness (QED) is 0.323. The molecule has 0 bridgehead atoms. The molecule has 0 heterocycles. The van der Waals surface area contributed by atoms with Gasteiger partial charge in [-0.05, 0) is 37.4 Å². The molecule has 0 N–H and O–H groups in total. The Morgan fingerprint density at radius 1 is 1.31 bits per heavy atom. The van der Waals surface area contributed by atoms with Gasteiger partial charge in [0, 0.05) is 0 Å². The Kier molecular flexibility index (Phi) is 6.41. The van der Waals surface area contributed by atoms with Crippen LogP contribution in [0.15, 0.2) is 11.8 Å². The molecule has 0 unspecified atom stereocenters. The molecule has 3 nitrogen and oxygen atoms in total. The summed E-state index contributed by atoms with van der Waals surface area (Å²) in [5.41, 5.74) is 0.271. The highest BCUT2D eigenvalue weighted by Crippen LogP contribution is 2.21. The molecule has 0 radical (unpaired) electrons. The number of methoxy groups -OCH3 is 1. The smallest absolute Gasteiger partial charge is 0.371 e. The summed E-state index contributed by atoms with van der Waals surface area (Å²) in [5, 5.41) is 0. The second-order valence-corrected chi connectivity index (χ2v) is 7.66. The first kappa shape index (κ1) is 15.2. The van der Waals surface area contributed by atoms with E-state index in [1.165, 1.54) is 7.11 Å². The molecule has 0 aromatic rings. The van der Waals surface area contributed by atoms with Crippen LogP contribution in [-0.4, -0.2) is 22.1 Å². The van der Waals surface area contributed by atoms with Crippen LogP contribution < -0.4 is 0 Å². The van der Waals surface area contributed by atoms with Gasteiger partial charge in [-0.15, -0.1) is 0 Å². The predicted molar refractivity (Wildman–Crippen MR) is 68.8 cm³/mol. The SMILES string of the molecule is COC(=O)C(=CCCC(C)(C)C)O[SiH](C)C. The van der Waals surface area contributed by atoms with Crippen molar-refractivity contribution < 1.29 is 14.0 Å². The second-order valence-electron chi connectivity index (χ2n) is 5.33. The zero-order valence-electron chi connectivity index (χ0n) is 11.3. The zero-order chi connectivity index (χ0) is 12.8. The third kappa shape index (κ3) is 7.51. The fourth-order valence-corrected chi connectivity index (χ4v) is 1.87. The van der Waals surface area contributed by atoms with Crippen molar-refractivity contribution in [1.29, 1.82) is 0 Å². The van der Waals surface area contributed by atoms with E-state index in [0.717, 1.165) is 12.8 Å². The zero-order valence-corrected chi connectivity index (χ0v) is 12.4. The van der Waals surface area contributed by atoms with Gasteiger partial charge >= 0.3 is 5.97 Å². The lowest BCUT2D eigenvalue weighted by Crippen LogP contribution is -2.15. The van der Waals surface area contributed by atoms with E-state index in [9.17, 15) is 4.79 Å². The summed E-state index contributed by atoms with van der Waals surface area (Å²) in [6.45, 7) is 10.6. The molecular weight excluding hydrogens is 220 g/mol. The van der Waals surface area contributed by atoms with Crippen LogP contribution in [0.1, 0.15) is 33.6 Å². The minimum Gasteiger partial charge on any atom is -0.542 e. The van der Waals surface area contributed by atoms with Crippen molar-refractivity contribution >= 4 is 15.0 Å². The molecule has 0 saturated carbocycles. The van der Waals surface area contributed by atoms with Crippen molar-refractivity contribution in [2.45, 2.75) is 46.7 Å². The number of hydrogen-bond donors (Lipinski definition) is 0. The maximum Gasteiger partial charge on any atom is 0.371 e. The van der Waals surface area contributed by atoms with Crippen molar-refractivity contribution in [3.63, 3.8) is 0 Å². The molecule has 16 heavy (non-hydrogen) atoms. The van der Waals surface area contributed by atoms with Crippen molar-refractivity contribution in [2.24, 2.45) is 5.41 Å². The van der Waals surface area contributed by atoms with Gasteiger partial charge in [0.2, 0.25) is 9.04 Å². The van der Waals surface area contributed by atoms with E-state index in [1.54, 1.807) is 0 Å². The van der Waals surface area contributed by atoms with Crippen LogP contribution in [0, 0.1) is 5.41 Å². The third-order valence-electron chi connectivity index (χ3n) is 1.97. The van der Waals surface area contributed by atoms with Gasteiger partial charge in [0.1, 0.15) is 0 Å². The molecule has 4 heteroatoms. The third-order valence-corrected chi connectivity index (χ3v) is 2.70. The van der Waals surface area contributed by atoms with E-state index < -0.39 is 9.04 Å². The Morgan fingerprint density at radius 3 is 2.25 bits per heavy atom. The van der Waals surface area contributed by atoms with E-state index in [4.69, 9.17) is 4.43 Å². The van der Waals surface area contributed by atoms with E-state index in [1.807, 2.05) is 19.2 Å². The molecule has 94 valence electrons. The molecule has 0 spiro atoms. The second kappa shape index (κ2) is 6.73. The lowest BCUT2D eigenvalue weighted by atomic mass is 9.90. The standard InChI is InChI=1S/C12H24O3Si/c1-12(2,3)9-7-8-10(11(13)14-4)15-16(5)6/h8,16H,7,9H2,1-6H3. The van der Waals surface area contributed by atoms with Crippen molar-refractivity contribution in [1.82, 2.24) is 0 Å². The average molecular weight is 244 g/mol. The fraction of sp³-hybridized carbons (Fsp3) is 0.750. The van der Waals surface area contributed by atoms with Crippen molar-refractivity contribution in [3.05, 3.63) is 11.8 Å². The van der Waals surface area contributed by atoms with Crippen LogP contribution in [-0.2, 0) is 14.0 Å². The molecule has 0 aliphatic heterocycles. The van der Waals surface area contributed by atoms with Gasteiger partial charge in [0.25, 0.3) is 0 Å². The molecule has 0 saturated heterocycles. The highest BCUT2D eigenvalue weighted by molar-refractivity contribution is 6.49. The van der Waals surface area contributed by atoms with E-state index in [0.29, 0.717) is 5.76 Å². The van der Waals surface area contributed by atoms with Crippen LogP contribution in [0.5, 0.6) is 0 Å². The molecule has 0 aromatic carbocycles. The number of carbonyl (C=O) groups excluding carboxylic acids is 1. The Balaban J connectivity index is 4.39. The van der Waals surface area contributed by atoms with E-state index in [-0.39, 0.29) is 11.4 Å². The van der Waals surface area contributed by atoms with Crippen molar-refractivity contribution in [2.75, 3.05) is 7.11 Å². The summed E-state index contributed by atoms with van der Waals surface area (Å²) in [5.74, 6) is 0.0172. The summed E-state index contributed by atoms with van der Waals surface area (Å²) in [7, 11) is 0.128. The molecule has 0 aromatic heterocycles. The predicted octanol–water partition coefficient (Wildman–Crippen LogP) is 2.87. The Morgan fingerprint density at radius 2 is 1.88 bits per heavy atom. The summed E-state index contributed by atoms with van der Waals surface area (Å²) in [4.78, 5) is 11.4. The van der Waals surface area contributed by atoms with Crippen LogP contribution in [0.2, 0.25) is 13.1 Å². The largest absolute Gasteiger partial charge is 0.542 e. The topological polar surface area (TPSA) is 35.5 Å². The molecule has 0 rings (SSSR count). The molecule has 0 fully saturated rings. The Bertz CT molecular complexity index is 251. The van der Waals surface area contributed by atoms with E-state index >= 15 is 0 Å². The monoisotopic (exact) mass is 244 g/mol. The van der Waals surface area contributed by atoms with Gasteiger partial charge in [-0.25, -0.2) is 4.79 Å². The van der Waals surface area contributed by atoms with Gasteiger partial charge in [-0.3, -0.25) is 0 Å². The minimum absolute atomic E-state index is 0.271. The first-order chi connectivity index (χ1) is 7.26. The number of carbonyl (C=O) groups is 1. The van der Waals surface area contributed by atoms with Crippen LogP contribution in [0.25, 0.3) is 0 Å². The summed E-state index contributed by atoms with van der Waals surface area (Å²) in [6, 6.07) is 0. The summed E-state index contributed by atoms with van der Waals surface area (Å²) >= 11 is 0. The number of ether oxygens (including phenoxy) is 1. The van der Waals surface area contributed by atoms with Crippen LogP contribution >= 0.6 is 0 Å². The van der Waals surface area contributed by atoms with Gasteiger partial charge in [0.05, 0.1) is 7.11 Å². The molecule has 0 aliphatic carbocycles. The maximum absolute atomic E-state index is 11.4. The molecular formula is C12H24O3Si. The summed E-state index contributed by atoms with van der Waals surface area (Å²) in [6.07, 6.45) is 3.72. The Labute approximate surface area is 101 Å². The maximum atomic E-state index is 11.4. The molecule has 0 atom stereocenters. The first-order valence-electron chi connectivity index (χ1n) is 5.71. The van der Waals surface area contributed by atoms with Gasteiger partial charge in [0.15, 0.2) is 5.76 Å². The number of esters is 1. The van der Waals surface area contributed by atoms with Gasteiger partial charge < -0.3 is 9.16 Å². The number of hydrogen-bond acceptors (Lipinski definition) is 3. The lowest BCUT2D eigenvalue weighted by Gasteiger charge is -2.17. The molecule has 0 aliphatic rings. The fourth-order valence-electron chi connectivity index (χ4n) is 1.17. The first-order valence-corrected chi connectivity index (χ1v) is 8.49. The lowest BCUT2D eigenvalue weighted by molar-refractivity contribution is -0.138. The van der Waals surface area contributed by atoms with Crippen molar-refractivity contribution in [3.8, 4) is 0 Å². The summed E-state index contributed by atoms with van der Waals surface area (Å²) < 4.78 is 10.2. The average Bonchev–Trinajstić information content (AvgIpc) is 2.12. The molecule has 0 amide bonds. The van der Waals surface area contributed by atoms with Crippen LogP contribution in [0.3, 0.4) is 0 Å². The number of allylic oxidation sites excluding steroid dienone is 1. The van der Waals surface area contributed by atoms with Gasteiger partial charge in [-0.2, -0.15) is 0 Å². The van der Waals surface area contributed by atoms with Crippen LogP contribution in [0.4, 0.5) is 0 Å². The van der Waals surface area contributed by atoms with E-state index in [2.05, 4.69) is 25.5 Å². The Hall–Kier alpha value is -0.773. The highest BCUT2D eigenvalue weighted by atomic mass is 28.3. The highest BCUT2D eigenvalue weighted by Gasteiger charge is 2.14.